The summed E-state index contributed by atoms with van der Waals surface area (Å²) in [4.78, 5) is 16.6. The van der Waals surface area contributed by atoms with Crippen LogP contribution in [0.2, 0.25) is 5.02 Å². The number of carboxylic acid groups (broad SMARTS) is 1. The molecule has 0 fully saturated rings. The number of ether oxygens (including phenoxy) is 1. The lowest BCUT2D eigenvalue weighted by Crippen LogP contribution is -2.01. The summed E-state index contributed by atoms with van der Waals surface area (Å²) in [5, 5.41) is 19.8. The second-order valence-corrected chi connectivity index (χ2v) is 8.74. The van der Waals surface area contributed by atoms with Crippen LogP contribution in [0.15, 0.2) is 70.7 Å². The van der Waals surface area contributed by atoms with E-state index in [2.05, 4.69) is 22.1 Å². The first-order chi connectivity index (χ1) is 16.0. The van der Waals surface area contributed by atoms with Crippen molar-refractivity contribution < 1.29 is 14.6 Å². The number of aromatic amines is 1. The van der Waals surface area contributed by atoms with Crippen LogP contribution in [0.25, 0.3) is 28.2 Å². The smallest absolute Gasteiger partial charge is 0.342 e. The first-order valence-corrected chi connectivity index (χ1v) is 11.7. The lowest BCUT2D eigenvalue weighted by Gasteiger charge is -2.12. The van der Waals surface area contributed by atoms with Crippen LogP contribution in [0, 0.1) is 0 Å². The lowest BCUT2D eigenvalue weighted by atomic mass is 10.0. The van der Waals surface area contributed by atoms with Crippen LogP contribution < -0.4 is 4.74 Å². The highest BCUT2D eigenvalue weighted by Crippen LogP contribution is 2.34. The molecular weight excluding hydrogens is 458 g/mol. The number of nitrogens with one attached hydrogen (secondary N) is 1. The maximum absolute atomic E-state index is 12.1. The molecule has 0 bridgehead atoms. The van der Waals surface area contributed by atoms with Crippen LogP contribution in [0.1, 0.15) is 25.3 Å². The molecule has 3 aromatic carbocycles. The Morgan fingerprint density at radius 1 is 1.15 bits per heavy atom. The predicted octanol–water partition coefficient (Wildman–Crippen LogP) is 6.68. The number of H-pyrrole nitrogens is 1. The normalized spacial score (nSPS) is 11.6. The van der Waals surface area contributed by atoms with Crippen molar-refractivity contribution >= 4 is 46.2 Å². The number of fused-ring (bicyclic) bond motifs is 1. The average Bonchev–Trinajstić information content (AvgIpc) is 3.29. The molecule has 0 saturated carbocycles. The molecule has 0 aliphatic rings. The zero-order valence-corrected chi connectivity index (χ0v) is 19.5. The summed E-state index contributed by atoms with van der Waals surface area (Å²) in [5.41, 5.74) is 1.53. The van der Waals surface area contributed by atoms with Crippen molar-refractivity contribution in [2.45, 2.75) is 24.9 Å². The molecule has 0 amide bonds. The van der Waals surface area contributed by atoms with Gasteiger partial charge in [-0.05, 0) is 65.4 Å². The van der Waals surface area contributed by atoms with Gasteiger partial charge >= 0.3 is 5.97 Å². The fourth-order valence-electron chi connectivity index (χ4n) is 3.27. The summed E-state index contributed by atoms with van der Waals surface area (Å²) in [7, 11) is 0. The van der Waals surface area contributed by atoms with Crippen molar-refractivity contribution in [1.29, 1.82) is 0 Å². The molecule has 0 radical (unpaired) electrons. The molecule has 0 spiro atoms. The molecule has 0 unspecified atom stereocenters. The van der Waals surface area contributed by atoms with E-state index in [1.165, 1.54) is 0 Å². The van der Waals surface area contributed by atoms with Crippen molar-refractivity contribution in [3.05, 3.63) is 76.2 Å². The minimum atomic E-state index is -1.06. The van der Waals surface area contributed by atoms with Gasteiger partial charge in [-0.1, -0.05) is 55.3 Å². The van der Waals surface area contributed by atoms with Gasteiger partial charge in [0.15, 0.2) is 5.82 Å². The molecule has 0 aliphatic heterocycles. The molecule has 0 aliphatic carbocycles. The van der Waals surface area contributed by atoms with Gasteiger partial charge in [0.25, 0.3) is 0 Å². The minimum absolute atomic E-state index is 0.0911. The monoisotopic (exact) mass is 479 g/mol. The summed E-state index contributed by atoms with van der Waals surface area (Å²) in [6.07, 6.45) is 3.56. The number of carboxylic acids is 1. The first-order valence-electron chi connectivity index (χ1n) is 10.5. The van der Waals surface area contributed by atoms with Gasteiger partial charge in [0.2, 0.25) is 5.16 Å². The van der Waals surface area contributed by atoms with Crippen LogP contribution in [-0.2, 0) is 4.79 Å². The van der Waals surface area contributed by atoms with Crippen molar-refractivity contribution in [3.63, 3.8) is 0 Å². The minimum Gasteiger partial charge on any atom is -0.493 e. The molecule has 2 N–H and O–H groups in total. The van der Waals surface area contributed by atoms with E-state index in [9.17, 15) is 9.90 Å². The Balaban J connectivity index is 1.69. The van der Waals surface area contributed by atoms with Gasteiger partial charge < -0.3 is 9.84 Å². The van der Waals surface area contributed by atoms with E-state index in [0.717, 1.165) is 46.5 Å². The molecule has 6 nitrogen and oxygen atoms in total. The van der Waals surface area contributed by atoms with E-state index in [0.29, 0.717) is 28.4 Å². The Bertz CT molecular complexity index is 1300. The largest absolute Gasteiger partial charge is 0.493 e. The van der Waals surface area contributed by atoms with Gasteiger partial charge in [-0.15, -0.1) is 5.10 Å². The second kappa shape index (κ2) is 10.6. The number of hydrogen-bond donors (Lipinski definition) is 2. The number of halogens is 1. The molecule has 33 heavy (non-hydrogen) atoms. The summed E-state index contributed by atoms with van der Waals surface area (Å²) < 4.78 is 5.99. The topological polar surface area (TPSA) is 88.1 Å². The standard InChI is InChI=1S/C25H22ClN3O3S/c1-2-3-14-32-21-13-10-16-6-4-5-7-19(16)20(21)15-22(24(30)31)33-25-27-23(28-29-25)17-8-11-18(26)12-9-17/h4-13,15H,2-3,14H2,1H3,(H,30,31)(H,27,28,29)/b22-15-. The Kier molecular flexibility index (Phi) is 7.32. The number of thioether (sulfide) groups is 1. The molecule has 1 heterocycles. The summed E-state index contributed by atoms with van der Waals surface area (Å²) in [6, 6.07) is 18.9. The van der Waals surface area contributed by atoms with Gasteiger partial charge in [-0.3, -0.25) is 5.10 Å². The van der Waals surface area contributed by atoms with Gasteiger partial charge in [0.1, 0.15) is 10.7 Å². The molecule has 168 valence electrons. The maximum Gasteiger partial charge on any atom is 0.342 e. The fraction of sp³-hybridized carbons (Fsp3) is 0.160. The number of hydrogen-bond acceptors (Lipinski definition) is 5. The van der Waals surface area contributed by atoms with E-state index < -0.39 is 5.97 Å². The van der Waals surface area contributed by atoms with E-state index in [-0.39, 0.29) is 4.91 Å². The molecule has 4 rings (SSSR count). The first kappa shape index (κ1) is 22.9. The van der Waals surface area contributed by atoms with E-state index in [4.69, 9.17) is 16.3 Å². The summed E-state index contributed by atoms with van der Waals surface area (Å²) in [6.45, 7) is 2.66. The fourth-order valence-corrected chi connectivity index (χ4v) is 4.09. The van der Waals surface area contributed by atoms with Crippen LogP contribution in [0.5, 0.6) is 5.75 Å². The lowest BCUT2D eigenvalue weighted by molar-refractivity contribution is -0.131. The van der Waals surface area contributed by atoms with Crippen molar-refractivity contribution in [2.24, 2.45) is 0 Å². The SMILES string of the molecule is CCCCOc1ccc2ccccc2c1/C=C(\Sc1n[nH]c(-c2ccc(Cl)cc2)n1)C(=O)O. The van der Waals surface area contributed by atoms with Crippen LogP contribution in [0.3, 0.4) is 0 Å². The van der Waals surface area contributed by atoms with Crippen molar-refractivity contribution in [2.75, 3.05) is 6.61 Å². The van der Waals surface area contributed by atoms with E-state index >= 15 is 0 Å². The molecule has 1 aromatic heterocycles. The van der Waals surface area contributed by atoms with Crippen LogP contribution >= 0.6 is 23.4 Å². The van der Waals surface area contributed by atoms with Crippen molar-refractivity contribution in [3.8, 4) is 17.1 Å². The molecule has 8 heteroatoms. The third kappa shape index (κ3) is 5.56. The molecule has 4 aromatic rings. The summed E-state index contributed by atoms with van der Waals surface area (Å²) in [5.74, 6) is 0.122. The van der Waals surface area contributed by atoms with E-state index in [1.54, 1.807) is 18.2 Å². The zero-order valence-electron chi connectivity index (χ0n) is 17.9. The van der Waals surface area contributed by atoms with E-state index in [1.807, 2.05) is 48.5 Å². The number of carbonyl (C=O) groups is 1. The zero-order chi connectivity index (χ0) is 23.2. The quantitative estimate of drug-likeness (QED) is 0.158. The molecular formula is C25H22ClN3O3S. The Hall–Kier alpha value is -3.29. The highest BCUT2D eigenvalue weighted by Gasteiger charge is 2.17. The molecule has 0 atom stereocenters. The third-order valence-corrected chi connectivity index (χ3v) is 6.09. The van der Waals surface area contributed by atoms with Crippen LogP contribution in [0.4, 0.5) is 0 Å². The highest BCUT2D eigenvalue weighted by atomic mass is 35.5. The number of unbranched alkanes of at least 4 members (excludes halogenated alkanes) is 1. The Morgan fingerprint density at radius 3 is 2.70 bits per heavy atom. The van der Waals surface area contributed by atoms with Gasteiger partial charge in [0, 0.05) is 16.1 Å². The van der Waals surface area contributed by atoms with Crippen LogP contribution in [-0.4, -0.2) is 32.9 Å². The number of rotatable bonds is 9. The maximum atomic E-state index is 12.1. The number of aliphatic carboxylic acids is 1. The average molecular weight is 480 g/mol. The third-order valence-electron chi connectivity index (χ3n) is 4.96. The number of nitrogens with zero attached hydrogens (tertiary/aromatic N) is 2. The highest BCUT2D eigenvalue weighted by molar-refractivity contribution is 8.04. The molecule has 0 saturated heterocycles. The van der Waals surface area contributed by atoms with Crippen molar-refractivity contribution in [1.82, 2.24) is 15.2 Å². The second-order valence-electron chi connectivity index (χ2n) is 7.29. The summed E-state index contributed by atoms with van der Waals surface area (Å²) >= 11 is 6.93. The van der Waals surface area contributed by atoms with Gasteiger partial charge in [-0.2, -0.15) is 0 Å². The Morgan fingerprint density at radius 2 is 1.94 bits per heavy atom. The van der Waals surface area contributed by atoms with Gasteiger partial charge in [0.05, 0.1) is 6.61 Å². The number of benzene rings is 3. The van der Waals surface area contributed by atoms with Gasteiger partial charge in [-0.25, -0.2) is 9.78 Å². The number of aromatic nitrogens is 3. The predicted molar refractivity (Wildman–Crippen MR) is 133 cm³/mol. The Labute approximate surface area is 200 Å².